The Morgan fingerprint density at radius 2 is 1.81 bits per heavy atom. The molecule has 31 heavy (non-hydrogen) atoms. The Hall–Kier alpha value is -2.98. The van der Waals surface area contributed by atoms with Gasteiger partial charge in [0, 0.05) is 26.2 Å². The van der Waals surface area contributed by atoms with E-state index in [1.807, 2.05) is 0 Å². The standard InChI is InChI=1S/C21H22FN3O5S/c22-15-6-8-16(9-7-15)31(28,29)25-11-3-10-24(12-13-25)20(26)14-19-21(27)23-17-4-1-2-5-18(17)30-19/h1-2,4-9,19H,3,10-14H2,(H,23,27). The van der Waals surface area contributed by atoms with Crippen LogP contribution in [0.4, 0.5) is 10.1 Å². The minimum Gasteiger partial charge on any atom is -0.478 e. The lowest BCUT2D eigenvalue weighted by Gasteiger charge is -2.28. The van der Waals surface area contributed by atoms with Gasteiger partial charge in [0.2, 0.25) is 15.9 Å². The second-order valence-corrected chi connectivity index (χ2v) is 9.33. The fourth-order valence-electron chi connectivity index (χ4n) is 3.65. The highest BCUT2D eigenvalue weighted by molar-refractivity contribution is 7.89. The second-order valence-electron chi connectivity index (χ2n) is 7.39. The number of carbonyl (C=O) groups excluding carboxylic acids is 2. The molecule has 1 atom stereocenters. The fourth-order valence-corrected chi connectivity index (χ4v) is 5.12. The average Bonchev–Trinajstić information content (AvgIpc) is 3.01. The third-order valence-corrected chi connectivity index (χ3v) is 7.24. The molecule has 0 bridgehead atoms. The lowest BCUT2D eigenvalue weighted by molar-refractivity contribution is -0.137. The number of benzene rings is 2. The third kappa shape index (κ3) is 4.54. The maximum atomic E-state index is 13.1. The van der Waals surface area contributed by atoms with Crippen LogP contribution in [0.5, 0.6) is 5.75 Å². The van der Waals surface area contributed by atoms with Gasteiger partial charge in [-0.15, -0.1) is 0 Å². The van der Waals surface area contributed by atoms with E-state index in [-0.39, 0.29) is 42.8 Å². The van der Waals surface area contributed by atoms with Crippen LogP contribution in [0.1, 0.15) is 12.8 Å². The number of nitrogens with one attached hydrogen (secondary N) is 1. The third-order valence-electron chi connectivity index (χ3n) is 5.33. The number of sulfonamides is 1. The van der Waals surface area contributed by atoms with Crippen molar-refractivity contribution in [2.24, 2.45) is 0 Å². The first-order valence-electron chi connectivity index (χ1n) is 9.94. The molecule has 2 aromatic rings. The van der Waals surface area contributed by atoms with Crippen LogP contribution in [0.15, 0.2) is 53.4 Å². The monoisotopic (exact) mass is 447 g/mol. The van der Waals surface area contributed by atoms with Gasteiger partial charge >= 0.3 is 0 Å². The van der Waals surface area contributed by atoms with Gasteiger partial charge in [0.1, 0.15) is 11.6 Å². The molecule has 2 aromatic carbocycles. The number of fused-ring (bicyclic) bond motifs is 1. The Morgan fingerprint density at radius 1 is 1.06 bits per heavy atom. The lowest BCUT2D eigenvalue weighted by Crippen LogP contribution is -2.43. The molecule has 0 radical (unpaired) electrons. The van der Waals surface area contributed by atoms with E-state index in [1.165, 1.54) is 16.4 Å². The maximum absolute atomic E-state index is 13.1. The molecule has 0 aromatic heterocycles. The number of halogens is 1. The Morgan fingerprint density at radius 3 is 2.58 bits per heavy atom. The molecule has 4 rings (SSSR count). The molecule has 1 fully saturated rings. The number of hydrogen-bond donors (Lipinski definition) is 1. The normalized spacial score (nSPS) is 19.7. The molecule has 2 aliphatic rings. The topological polar surface area (TPSA) is 96.0 Å². The van der Waals surface area contributed by atoms with Crippen LogP contribution >= 0.6 is 0 Å². The predicted octanol–water partition coefficient (Wildman–Crippen LogP) is 1.84. The summed E-state index contributed by atoms with van der Waals surface area (Å²) in [5.41, 5.74) is 0.563. The van der Waals surface area contributed by atoms with Gasteiger partial charge in [-0.1, -0.05) is 12.1 Å². The van der Waals surface area contributed by atoms with Gasteiger partial charge in [-0.25, -0.2) is 12.8 Å². The molecular formula is C21H22FN3O5S. The van der Waals surface area contributed by atoms with E-state index in [4.69, 9.17) is 4.74 Å². The largest absolute Gasteiger partial charge is 0.478 e. The zero-order valence-corrected chi connectivity index (χ0v) is 17.5. The lowest BCUT2D eigenvalue weighted by atomic mass is 10.1. The summed E-state index contributed by atoms with van der Waals surface area (Å²) in [6.45, 7) is 0.937. The highest BCUT2D eigenvalue weighted by Gasteiger charge is 2.33. The van der Waals surface area contributed by atoms with Gasteiger partial charge in [0.25, 0.3) is 5.91 Å². The van der Waals surface area contributed by atoms with Crippen LogP contribution in [0.3, 0.4) is 0 Å². The molecule has 1 saturated heterocycles. The number of amides is 2. The Bertz CT molecular complexity index is 1090. The number of anilines is 1. The van der Waals surface area contributed by atoms with Gasteiger partial charge < -0.3 is 15.0 Å². The van der Waals surface area contributed by atoms with E-state index in [1.54, 1.807) is 29.2 Å². The highest BCUT2D eigenvalue weighted by atomic mass is 32.2. The van der Waals surface area contributed by atoms with Crippen LogP contribution < -0.4 is 10.1 Å². The van der Waals surface area contributed by atoms with E-state index in [0.29, 0.717) is 24.4 Å². The van der Waals surface area contributed by atoms with E-state index < -0.39 is 21.9 Å². The number of ether oxygens (including phenoxy) is 1. The van der Waals surface area contributed by atoms with Crippen molar-refractivity contribution in [1.82, 2.24) is 9.21 Å². The SMILES string of the molecule is O=C1Nc2ccccc2OC1CC(=O)N1CCCN(S(=O)(=O)c2ccc(F)cc2)CC1. The highest BCUT2D eigenvalue weighted by Crippen LogP contribution is 2.30. The van der Waals surface area contributed by atoms with Crippen molar-refractivity contribution >= 4 is 27.5 Å². The van der Waals surface area contributed by atoms with Crippen LogP contribution in [0.2, 0.25) is 0 Å². The number of para-hydroxylation sites is 2. The number of rotatable bonds is 4. The summed E-state index contributed by atoms with van der Waals surface area (Å²) in [5, 5.41) is 2.73. The quantitative estimate of drug-likeness (QED) is 0.772. The summed E-state index contributed by atoms with van der Waals surface area (Å²) in [6.07, 6.45) is -0.623. The van der Waals surface area contributed by atoms with E-state index in [0.717, 1.165) is 12.1 Å². The molecular weight excluding hydrogens is 425 g/mol. The molecule has 2 aliphatic heterocycles. The first-order chi connectivity index (χ1) is 14.8. The number of nitrogens with zero attached hydrogens (tertiary/aromatic N) is 2. The molecule has 8 nitrogen and oxygen atoms in total. The predicted molar refractivity (Wildman–Crippen MR) is 110 cm³/mol. The van der Waals surface area contributed by atoms with Crippen molar-refractivity contribution < 1.29 is 27.1 Å². The first kappa shape index (κ1) is 21.3. The average molecular weight is 447 g/mol. The Balaban J connectivity index is 1.39. The van der Waals surface area contributed by atoms with E-state index in [9.17, 15) is 22.4 Å². The summed E-state index contributed by atoms with van der Waals surface area (Å²) in [4.78, 5) is 26.6. The molecule has 2 amide bonds. The maximum Gasteiger partial charge on any atom is 0.266 e. The van der Waals surface area contributed by atoms with Crippen molar-refractivity contribution in [3.63, 3.8) is 0 Å². The first-order valence-corrected chi connectivity index (χ1v) is 11.4. The summed E-state index contributed by atoms with van der Waals surface area (Å²) in [7, 11) is -3.78. The van der Waals surface area contributed by atoms with Crippen LogP contribution in [0, 0.1) is 5.82 Å². The van der Waals surface area contributed by atoms with E-state index in [2.05, 4.69) is 5.32 Å². The molecule has 0 aliphatic carbocycles. The Kier molecular flexibility index (Phi) is 5.92. The van der Waals surface area contributed by atoms with Crippen LogP contribution in [0.25, 0.3) is 0 Å². The van der Waals surface area contributed by atoms with Crippen molar-refractivity contribution in [3.05, 3.63) is 54.3 Å². The van der Waals surface area contributed by atoms with Crippen molar-refractivity contribution in [3.8, 4) is 5.75 Å². The number of hydrogen-bond acceptors (Lipinski definition) is 5. The van der Waals surface area contributed by atoms with Crippen molar-refractivity contribution in [2.45, 2.75) is 23.8 Å². The molecule has 0 spiro atoms. The summed E-state index contributed by atoms with van der Waals surface area (Å²) in [6, 6.07) is 11.7. The second kappa shape index (κ2) is 8.64. The molecule has 164 valence electrons. The summed E-state index contributed by atoms with van der Waals surface area (Å²) in [5.74, 6) is -0.668. The number of carbonyl (C=O) groups is 2. The van der Waals surface area contributed by atoms with Crippen molar-refractivity contribution in [2.75, 3.05) is 31.5 Å². The minimum absolute atomic E-state index is 0.0135. The molecule has 10 heteroatoms. The summed E-state index contributed by atoms with van der Waals surface area (Å²) < 4.78 is 45.8. The van der Waals surface area contributed by atoms with Gasteiger partial charge in [-0.3, -0.25) is 9.59 Å². The van der Waals surface area contributed by atoms with Gasteiger partial charge in [0.05, 0.1) is 17.0 Å². The molecule has 0 saturated carbocycles. The molecule has 1 unspecified atom stereocenters. The molecule has 1 N–H and O–H groups in total. The van der Waals surface area contributed by atoms with Gasteiger partial charge in [0.15, 0.2) is 6.10 Å². The molecule has 2 heterocycles. The minimum atomic E-state index is -3.78. The summed E-state index contributed by atoms with van der Waals surface area (Å²) >= 11 is 0. The Labute approximate surface area is 179 Å². The smallest absolute Gasteiger partial charge is 0.266 e. The zero-order chi connectivity index (χ0) is 22.0. The van der Waals surface area contributed by atoms with E-state index >= 15 is 0 Å². The van der Waals surface area contributed by atoms with Gasteiger partial charge in [-0.2, -0.15) is 4.31 Å². The zero-order valence-electron chi connectivity index (χ0n) is 16.7. The fraction of sp³-hybridized carbons (Fsp3) is 0.333. The van der Waals surface area contributed by atoms with Crippen LogP contribution in [-0.2, 0) is 19.6 Å². The van der Waals surface area contributed by atoms with Crippen LogP contribution in [-0.4, -0.2) is 61.7 Å². The van der Waals surface area contributed by atoms with Gasteiger partial charge in [-0.05, 0) is 42.8 Å². The van der Waals surface area contributed by atoms with Crippen molar-refractivity contribution in [1.29, 1.82) is 0 Å².